The fourth-order valence-electron chi connectivity index (χ4n) is 4.23. The topological polar surface area (TPSA) is 88.0 Å². The predicted octanol–water partition coefficient (Wildman–Crippen LogP) is 1.68. The van der Waals surface area contributed by atoms with E-state index in [1.807, 2.05) is 24.7 Å². The number of nitrogens with zero attached hydrogens (tertiary/aromatic N) is 2. The number of piperidine rings is 2. The summed E-state index contributed by atoms with van der Waals surface area (Å²) in [6.45, 7) is 6.20. The molecular weight excluding hydrogens is 342 g/mol. The van der Waals surface area contributed by atoms with Crippen LogP contribution in [0, 0.1) is 5.92 Å². The van der Waals surface area contributed by atoms with Crippen LogP contribution in [0.25, 0.3) is 10.9 Å². The molecule has 0 bridgehead atoms. The first kappa shape index (κ1) is 18.0. The molecule has 0 radical (unpaired) electrons. The van der Waals surface area contributed by atoms with Crippen LogP contribution >= 0.6 is 0 Å². The molecule has 3 N–H and O–H groups in total. The van der Waals surface area contributed by atoms with Crippen LogP contribution in [0.3, 0.4) is 0 Å². The minimum absolute atomic E-state index is 0.208. The fraction of sp³-hybridized carbons (Fsp3) is 0.550. The van der Waals surface area contributed by atoms with Gasteiger partial charge in [0.1, 0.15) is 0 Å². The third kappa shape index (κ3) is 3.10. The molecule has 2 aromatic rings. The van der Waals surface area contributed by atoms with Crippen molar-refractivity contribution in [2.45, 2.75) is 44.6 Å². The van der Waals surface area contributed by atoms with E-state index in [1.54, 1.807) is 0 Å². The zero-order chi connectivity index (χ0) is 19.2. The zero-order valence-electron chi connectivity index (χ0n) is 16.1. The smallest absolute Gasteiger partial charge is 0.238 e. The highest BCUT2D eigenvalue weighted by Gasteiger charge is 2.43. The van der Waals surface area contributed by atoms with Crippen molar-refractivity contribution in [2.75, 3.05) is 18.4 Å². The van der Waals surface area contributed by atoms with Gasteiger partial charge in [-0.05, 0) is 57.0 Å². The van der Waals surface area contributed by atoms with E-state index < -0.39 is 5.41 Å². The maximum absolute atomic E-state index is 12.5. The van der Waals surface area contributed by atoms with Crippen molar-refractivity contribution in [1.82, 2.24) is 20.4 Å². The van der Waals surface area contributed by atoms with Crippen molar-refractivity contribution in [2.24, 2.45) is 13.0 Å². The summed E-state index contributed by atoms with van der Waals surface area (Å²) in [6, 6.07) is 6.66. The first-order chi connectivity index (χ1) is 12.9. The van der Waals surface area contributed by atoms with E-state index in [4.69, 9.17) is 0 Å². The Morgan fingerprint density at radius 2 is 2.15 bits per heavy atom. The lowest BCUT2D eigenvalue weighted by Crippen LogP contribution is -2.50. The summed E-state index contributed by atoms with van der Waals surface area (Å²) < 4.78 is 1.83. The molecular formula is C20H27N5O2. The number of carbonyl (C=O) groups excluding carboxylic acids is 2. The lowest BCUT2D eigenvalue weighted by atomic mass is 9.77. The van der Waals surface area contributed by atoms with Gasteiger partial charge < -0.3 is 10.6 Å². The van der Waals surface area contributed by atoms with Crippen LogP contribution in [0.5, 0.6) is 0 Å². The summed E-state index contributed by atoms with van der Waals surface area (Å²) in [7, 11) is 1.90. The van der Waals surface area contributed by atoms with Crippen LogP contribution in [0.2, 0.25) is 0 Å². The van der Waals surface area contributed by atoms with Crippen molar-refractivity contribution in [3.05, 3.63) is 23.9 Å². The number of fused-ring (bicyclic) bond motifs is 1. The highest BCUT2D eigenvalue weighted by Crippen LogP contribution is 2.36. The first-order valence-electron chi connectivity index (χ1n) is 9.67. The van der Waals surface area contributed by atoms with Gasteiger partial charge in [-0.1, -0.05) is 6.92 Å². The Morgan fingerprint density at radius 1 is 1.33 bits per heavy atom. The molecule has 7 heteroatoms. The molecule has 1 aromatic heterocycles. The lowest BCUT2D eigenvalue weighted by molar-refractivity contribution is -0.137. The van der Waals surface area contributed by atoms with E-state index in [0.29, 0.717) is 24.8 Å². The molecule has 1 aromatic carbocycles. The number of hydrogen-bond acceptors (Lipinski definition) is 5. The van der Waals surface area contributed by atoms with Gasteiger partial charge in [0.05, 0.1) is 16.6 Å². The molecule has 0 aliphatic carbocycles. The summed E-state index contributed by atoms with van der Waals surface area (Å²) in [6.07, 6.45) is 1.92. The van der Waals surface area contributed by atoms with Crippen LogP contribution in [0.4, 0.5) is 5.69 Å². The molecule has 3 atom stereocenters. The quantitative estimate of drug-likeness (QED) is 0.717. The van der Waals surface area contributed by atoms with Crippen LogP contribution in [0.15, 0.2) is 18.2 Å². The van der Waals surface area contributed by atoms with Gasteiger partial charge in [-0.3, -0.25) is 19.6 Å². The second-order valence-corrected chi connectivity index (χ2v) is 8.13. The summed E-state index contributed by atoms with van der Waals surface area (Å²) in [5, 5.41) is 15.2. The Balaban J connectivity index is 1.67. The van der Waals surface area contributed by atoms with Gasteiger partial charge in [-0.2, -0.15) is 5.10 Å². The summed E-state index contributed by atoms with van der Waals surface area (Å²) >= 11 is 0. The number of hydrogen-bond donors (Lipinski definition) is 3. The van der Waals surface area contributed by atoms with Crippen molar-refractivity contribution < 1.29 is 9.59 Å². The van der Waals surface area contributed by atoms with Crippen LogP contribution in [-0.4, -0.2) is 40.7 Å². The molecule has 2 saturated heterocycles. The Kier molecular flexibility index (Phi) is 4.42. The molecule has 27 heavy (non-hydrogen) atoms. The number of aryl methyl sites for hydroxylation is 1. The highest BCUT2D eigenvalue weighted by molar-refractivity contribution is 6.05. The molecule has 2 amide bonds. The number of carbonyl (C=O) groups is 2. The van der Waals surface area contributed by atoms with E-state index >= 15 is 0 Å². The number of rotatable bonds is 3. The van der Waals surface area contributed by atoms with E-state index in [0.717, 1.165) is 41.8 Å². The lowest BCUT2D eigenvalue weighted by Gasteiger charge is -2.31. The number of benzene rings is 1. The third-order valence-electron chi connectivity index (χ3n) is 6.12. The minimum Gasteiger partial charge on any atom is -0.382 e. The number of nitrogens with one attached hydrogen (secondary N) is 3. The fourth-order valence-corrected chi connectivity index (χ4v) is 4.23. The van der Waals surface area contributed by atoms with Gasteiger partial charge in [0.25, 0.3) is 0 Å². The number of aromatic nitrogens is 2. The monoisotopic (exact) mass is 369 g/mol. The summed E-state index contributed by atoms with van der Waals surface area (Å²) in [5.41, 5.74) is 2.02. The highest BCUT2D eigenvalue weighted by atomic mass is 16.2. The SMILES string of the molecule is C[C@@H]1CNCC[C@H]1Nc1ccc2c(C3(C)CCC(=O)NC3=O)nn(C)c2c1. The van der Waals surface area contributed by atoms with Gasteiger partial charge >= 0.3 is 0 Å². The van der Waals surface area contributed by atoms with Crippen molar-refractivity contribution in [3.63, 3.8) is 0 Å². The van der Waals surface area contributed by atoms with Crippen molar-refractivity contribution in [3.8, 4) is 0 Å². The van der Waals surface area contributed by atoms with Crippen LogP contribution in [0.1, 0.15) is 38.8 Å². The Hall–Kier alpha value is -2.41. The van der Waals surface area contributed by atoms with Crippen molar-refractivity contribution in [1.29, 1.82) is 0 Å². The standard InChI is InChI=1S/C20H27N5O2/c1-12-11-21-9-7-15(12)22-13-4-5-14-16(10-13)25(3)24-18(14)20(2)8-6-17(26)23-19(20)27/h4-5,10,12,15,21-22H,6-9,11H2,1-3H3,(H,23,26,27)/t12-,15-,20?/m1/s1. The first-order valence-corrected chi connectivity index (χ1v) is 9.67. The molecule has 7 nitrogen and oxygen atoms in total. The van der Waals surface area contributed by atoms with Crippen LogP contribution in [-0.2, 0) is 22.1 Å². The van der Waals surface area contributed by atoms with Gasteiger partial charge in [0, 0.05) is 30.6 Å². The van der Waals surface area contributed by atoms with Crippen LogP contribution < -0.4 is 16.0 Å². The molecule has 2 aliphatic rings. The molecule has 1 unspecified atom stereocenters. The average Bonchev–Trinajstić information content (AvgIpc) is 2.98. The van der Waals surface area contributed by atoms with Gasteiger partial charge in [-0.15, -0.1) is 0 Å². The summed E-state index contributed by atoms with van der Waals surface area (Å²) in [4.78, 5) is 24.1. The molecule has 4 rings (SSSR count). The molecule has 0 spiro atoms. The summed E-state index contributed by atoms with van der Waals surface area (Å²) in [5.74, 6) is 0.101. The Labute approximate surface area is 158 Å². The van der Waals surface area contributed by atoms with E-state index in [1.165, 1.54) is 0 Å². The normalized spacial score (nSPS) is 29.0. The van der Waals surface area contributed by atoms with Gasteiger partial charge in [0.15, 0.2) is 0 Å². The largest absolute Gasteiger partial charge is 0.382 e. The minimum atomic E-state index is -0.786. The Bertz CT molecular complexity index is 905. The maximum Gasteiger partial charge on any atom is 0.238 e. The zero-order valence-corrected chi connectivity index (χ0v) is 16.1. The van der Waals surface area contributed by atoms with Gasteiger partial charge in [0.2, 0.25) is 11.8 Å². The second-order valence-electron chi connectivity index (χ2n) is 8.13. The Morgan fingerprint density at radius 3 is 2.89 bits per heavy atom. The van der Waals surface area contributed by atoms with E-state index in [-0.39, 0.29) is 11.8 Å². The average molecular weight is 369 g/mol. The number of amides is 2. The van der Waals surface area contributed by atoms with E-state index in [9.17, 15) is 9.59 Å². The second kappa shape index (κ2) is 6.64. The van der Waals surface area contributed by atoms with E-state index in [2.05, 4.69) is 40.1 Å². The number of imide groups is 1. The molecule has 0 saturated carbocycles. The predicted molar refractivity (Wildman–Crippen MR) is 105 cm³/mol. The molecule has 3 heterocycles. The molecule has 2 aliphatic heterocycles. The van der Waals surface area contributed by atoms with Crippen molar-refractivity contribution >= 4 is 28.4 Å². The molecule has 2 fully saturated rings. The molecule has 144 valence electrons. The van der Waals surface area contributed by atoms with Gasteiger partial charge in [-0.25, -0.2) is 0 Å². The number of anilines is 1. The third-order valence-corrected chi connectivity index (χ3v) is 6.12. The maximum atomic E-state index is 12.5.